The zero-order valence-electron chi connectivity index (χ0n) is 21.1. The summed E-state index contributed by atoms with van der Waals surface area (Å²) in [5.41, 5.74) is 4.69. The highest BCUT2D eigenvalue weighted by Crippen LogP contribution is 2.47. The molecule has 0 aliphatic carbocycles. The largest absolute Gasteiger partial charge is 0.334 e. The number of hydrogen-bond acceptors (Lipinski definition) is 4. The molecule has 3 nitrogen and oxygen atoms in total. The number of fused-ring (bicyclic) bond motifs is 13. The van der Waals surface area contributed by atoms with E-state index in [0.717, 1.165) is 17.0 Å². The van der Waals surface area contributed by atoms with Crippen LogP contribution in [0.2, 0.25) is 0 Å². The summed E-state index contributed by atoms with van der Waals surface area (Å²) >= 11 is 3.71. The highest BCUT2D eigenvalue weighted by molar-refractivity contribution is 7.27. The van der Waals surface area contributed by atoms with Gasteiger partial charge in [0.1, 0.15) is 5.82 Å². The Labute approximate surface area is 231 Å². The second kappa shape index (κ2) is 7.85. The minimum absolute atomic E-state index is 0.689. The first-order chi connectivity index (χ1) is 19.3. The van der Waals surface area contributed by atoms with Crippen molar-refractivity contribution in [3.05, 3.63) is 109 Å². The van der Waals surface area contributed by atoms with Crippen LogP contribution < -0.4 is 0 Å². The van der Waals surface area contributed by atoms with Crippen LogP contribution in [0.25, 0.3) is 73.1 Å². The van der Waals surface area contributed by atoms with Crippen LogP contribution in [-0.4, -0.2) is 14.5 Å². The fourth-order valence-electron chi connectivity index (χ4n) is 6.40. The number of para-hydroxylation sites is 1. The maximum Gasteiger partial charge on any atom is 0.126 e. The van der Waals surface area contributed by atoms with Gasteiger partial charge in [-0.3, -0.25) is 0 Å². The molecule has 4 heterocycles. The van der Waals surface area contributed by atoms with E-state index in [4.69, 9.17) is 9.97 Å². The Balaban J connectivity index is 1.48. The molecule has 0 atom stereocenters. The van der Waals surface area contributed by atoms with Gasteiger partial charge >= 0.3 is 0 Å². The van der Waals surface area contributed by atoms with Gasteiger partial charge in [-0.1, -0.05) is 78.9 Å². The Morgan fingerprint density at radius 2 is 1.21 bits per heavy atom. The third-order valence-corrected chi connectivity index (χ3v) is 10.4. The number of aryl methyl sites for hydroxylation is 1. The molecule has 0 N–H and O–H groups in total. The van der Waals surface area contributed by atoms with Crippen LogP contribution >= 0.6 is 22.7 Å². The number of rotatable bonds is 2. The predicted molar refractivity (Wildman–Crippen MR) is 169 cm³/mol. The molecule has 0 aliphatic heterocycles. The van der Waals surface area contributed by atoms with Crippen LogP contribution in [0.5, 0.6) is 0 Å². The molecule has 0 unspecified atom stereocenters. The molecule has 0 fully saturated rings. The van der Waals surface area contributed by atoms with Crippen LogP contribution in [0, 0.1) is 6.92 Å². The normalized spacial score (nSPS) is 12.3. The molecule has 0 aliphatic rings. The molecule has 4 aromatic heterocycles. The van der Waals surface area contributed by atoms with Gasteiger partial charge in [-0.25, -0.2) is 9.97 Å². The molecule has 39 heavy (non-hydrogen) atoms. The molecule has 0 saturated heterocycles. The van der Waals surface area contributed by atoms with Gasteiger partial charge in [0, 0.05) is 51.9 Å². The first-order valence-electron chi connectivity index (χ1n) is 13.1. The van der Waals surface area contributed by atoms with Gasteiger partial charge < -0.3 is 4.57 Å². The standard InChI is InChI=1S/C34H21N3S2/c1-19-35-25(34-31(36-19)24-14-6-9-17-28(24)39-34)18-37-26-15-7-4-12-22(26)29-20-10-2-3-11-21(20)33-30(32(29)37)23-13-5-8-16-27(23)38-33/h2-17H,18H2,1H3. The van der Waals surface area contributed by atoms with Gasteiger partial charge in [0.15, 0.2) is 0 Å². The molecule has 184 valence electrons. The number of benzene rings is 5. The van der Waals surface area contributed by atoms with Crippen LogP contribution in [0.3, 0.4) is 0 Å². The lowest BCUT2D eigenvalue weighted by molar-refractivity contribution is 0.834. The van der Waals surface area contributed by atoms with Crippen molar-refractivity contribution in [2.45, 2.75) is 13.5 Å². The average Bonchev–Trinajstić information content (AvgIpc) is 3.64. The molecule has 5 aromatic carbocycles. The molecule has 0 amide bonds. The summed E-state index contributed by atoms with van der Waals surface area (Å²) in [5.74, 6) is 0.818. The second-order valence-corrected chi connectivity index (χ2v) is 12.3. The van der Waals surface area contributed by atoms with Crippen molar-refractivity contribution in [3.8, 4) is 0 Å². The first-order valence-corrected chi connectivity index (χ1v) is 14.8. The third kappa shape index (κ3) is 2.92. The summed E-state index contributed by atoms with van der Waals surface area (Å²) in [6.07, 6.45) is 0. The van der Waals surface area contributed by atoms with Crippen molar-refractivity contribution in [2.75, 3.05) is 0 Å². The minimum Gasteiger partial charge on any atom is -0.334 e. The van der Waals surface area contributed by atoms with Crippen LogP contribution in [0.4, 0.5) is 0 Å². The summed E-state index contributed by atoms with van der Waals surface area (Å²) in [7, 11) is 0. The lowest BCUT2D eigenvalue weighted by atomic mass is 10.00. The summed E-state index contributed by atoms with van der Waals surface area (Å²) in [6, 6.07) is 35.2. The predicted octanol–water partition coefficient (Wildman–Crippen LogP) is 9.83. The fraction of sp³-hybridized carbons (Fsp3) is 0.0588. The van der Waals surface area contributed by atoms with Crippen molar-refractivity contribution in [3.63, 3.8) is 0 Å². The molecule has 0 spiro atoms. The maximum atomic E-state index is 5.06. The summed E-state index contributed by atoms with van der Waals surface area (Å²) in [4.78, 5) is 9.95. The first kappa shape index (κ1) is 21.6. The van der Waals surface area contributed by atoms with Gasteiger partial charge in [-0.2, -0.15) is 0 Å². The Hall–Kier alpha value is -4.32. The molecular weight excluding hydrogens is 515 g/mol. The fourth-order valence-corrected chi connectivity index (χ4v) is 8.76. The van der Waals surface area contributed by atoms with Crippen molar-refractivity contribution in [1.82, 2.24) is 14.5 Å². The number of hydrogen-bond donors (Lipinski definition) is 0. The van der Waals surface area contributed by atoms with E-state index in [1.807, 2.05) is 18.3 Å². The molecule has 9 rings (SSSR count). The van der Waals surface area contributed by atoms with Crippen molar-refractivity contribution in [2.24, 2.45) is 0 Å². The van der Waals surface area contributed by atoms with E-state index in [-0.39, 0.29) is 0 Å². The number of nitrogens with zero attached hydrogens (tertiary/aromatic N) is 3. The Morgan fingerprint density at radius 1 is 0.590 bits per heavy atom. The van der Waals surface area contributed by atoms with Gasteiger partial charge in [0.05, 0.1) is 28.0 Å². The molecule has 9 aromatic rings. The van der Waals surface area contributed by atoms with E-state index in [1.54, 1.807) is 11.3 Å². The highest BCUT2D eigenvalue weighted by atomic mass is 32.1. The van der Waals surface area contributed by atoms with Gasteiger partial charge in [-0.15, -0.1) is 22.7 Å². The van der Waals surface area contributed by atoms with Gasteiger partial charge in [0.2, 0.25) is 0 Å². The quantitative estimate of drug-likeness (QED) is 0.220. The Bertz CT molecular complexity index is 2440. The molecular formula is C34H21N3S2. The van der Waals surface area contributed by atoms with E-state index in [0.29, 0.717) is 6.54 Å². The summed E-state index contributed by atoms with van der Waals surface area (Å²) in [5, 5.41) is 9.14. The maximum absolute atomic E-state index is 5.06. The highest BCUT2D eigenvalue weighted by Gasteiger charge is 2.22. The van der Waals surface area contributed by atoms with E-state index in [9.17, 15) is 0 Å². The summed E-state index contributed by atoms with van der Waals surface area (Å²) in [6.45, 7) is 2.70. The smallest absolute Gasteiger partial charge is 0.126 e. The van der Waals surface area contributed by atoms with Crippen molar-refractivity contribution in [1.29, 1.82) is 0 Å². The molecule has 0 bridgehead atoms. The summed E-state index contributed by atoms with van der Waals surface area (Å²) < 4.78 is 7.64. The lowest BCUT2D eigenvalue weighted by Gasteiger charge is -2.11. The SMILES string of the molecule is Cc1nc(Cn2c3ccccc3c3c4ccccc4c4sc5ccccc5c4c32)c2sc3ccccc3c2n1. The van der Waals surface area contributed by atoms with Crippen LogP contribution in [0.15, 0.2) is 97.1 Å². The van der Waals surface area contributed by atoms with E-state index >= 15 is 0 Å². The molecule has 0 radical (unpaired) electrons. The monoisotopic (exact) mass is 535 g/mol. The minimum atomic E-state index is 0.689. The topological polar surface area (TPSA) is 30.7 Å². The third-order valence-electron chi connectivity index (χ3n) is 7.95. The van der Waals surface area contributed by atoms with Gasteiger partial charge in [-0.05, 0) is 30.5 Å². The Morgan fingerprint density at radius 3 is 2.03 bits per heavy atom. The molecule has 5 heteroatoms. The zero-order chi connectivity index (χ0) is 25.7. The average molecular weight is 536 g/mol. The van der Waals surface area contributed by atoms with Crippen molar-refractivity contribution < 1.29 is 0 Å². The second-order valence-electron chi connectivity index (χ2n) is 10.2. The Kier molecular flexibility index (Phi) is 4.35. The zero-order valence-corrected chi connectivity index (χ0v) is 22.7. The number of aromatic nitrogens is 3. The van der Waals surface area contributed by atoms with E-state index < -0.39 is 0 Å². The van der Waals surface area contributed by atoms with E-state index in [2.05, 4.69) is 102 Å². The van der Waals surface area contributed by atoms with Gasteiger partial charge in [0.25, 0.3) is 0 Å². The van der Waals surface area contributed by atoms with Crippen molar-refractivity contribution >= 4 is 95.7 Å². The number of thiophene rings is 2. The van der Waals surface area contributed by atoms with Crippen LogP contribution in [-0.2, 0) is 6.54 Å². The van der Waals surface area contributed by atoms with Crippen LogP contribution in [0.1, 0.15) is 11.5 Å². The van der Waals surface area contributed by atoms with E-state index in [1.165, 1.54) is 67.5 Å². The molecule has 0 saturated carbocycles. The lowest BCUT2D eigenvalue weighted by Crippen LogP contribution is -2.04.